The minimum Gasteiger partial charge on any atom is -0.393 e. The molecule has 5 aliphatic carbocycles. The summed E-state index contributed by atoms with van der Waals surface area (Å²) in [4.78, 5) is 33.3. The Labute approximate surface area is 276 Å². The van der Waals surface area contributed by atoms with Crippen LogP contribution in [-0.2, 0) is 16.0 Å². The highest BCUT2D eigenvalue weighted by atomic mass is 16.3. The molecule has 1 aromatic carbocycles. The summed E-state index contributed by atoms with van der Waals surface area (Å²) < 4.78 is 0. The molecule has 46 heavy (non-hydrogen) atoms. The van der Waals surface area contributed by atoms with Crippen molar-refractivity contribution in [3.8, 4) is 0 Å². The number of aliphatic hydroxyl groups excluding tert-OH is 1. The maximum absolute atomic E-state index is 14.6. The Kier molecular flexibility index (Phi) is 8.88. The molecule has 0 radical (unpaired) electrons. The zero-order valence-electron chi connectivity index (χ0n) is 28.5. The SMILES string of the molecule is C[C@H](C(=O)N(CCc1c[nH]c2ccccc12)CC(=O)NC1CCCCC1)[C@H]1CC[C@H]2[C@@H]3CC=C4C[C@@H](O)CC[C@]4(C)[C@H]3CC[C@]12C. The summed E-state index contributed by atoms with van der Waals surface area (Å²) in [6, 6.07) is 8.58. The summed E-state index contributed by atoms with van der Waals surface area (Å²) in [6.45, 7) is 7.88. The number of para-hydroxylation sites is 1. The molecule has 2 amide bonds. The molecule has 4 saturated carbocycles. The number of carbonyl (C=O) groups is 2. The number of allylic oxidation sites excluding steroid dienone is 1. The Morgan fingerprint density at radius 3 is 2.65 bits per heavy atom. The minimum absolute atomic E-state index is 0.00182. The molecule has 250 valence electrons. The Hall–Kier alpha value is -2.60. The van der Waals surface area contributed by atoms with Crippen molar-refractivity contribution in [2.45, 2.75) is 123 Å². The molecule has 1 aromatic heterocycles. The fourth-order valence-electron chi connectivity index (χ4n) is 11.5. The van der Waals surface area contributed by atoms with Gasteiger partial charge in [0.2, 0.25) is 11.8 Å². The summed E-state index contributed by atoms with van der Waals surface area (Å²) in [5.74, 6) is 2.40. The predicted molar refractivity (Wildman–Crippen MR) is 184 cm³/mol. The average molecular weight is 628 g/mol. The van der Waals surface area contributed by atoms with E-state index in [1.807, 2.05) is 11.0 Å². The Morgan fingerprint density at radius 1 is 1.02 bits per heavy atom. The summed E-state index contributed by atoms with van der Waals surface area (Å²) in [7, 11) is 0. The van der Waals surface area contributed by atoms with E-state index in [2.05, 4.69) is 61.5 Å². The minimum atomic E-state index is -0.170. The van der Waals surface area contributed by atoms with Crippen LogP contribution in [0.2, 0.25) is 0 Å². The van der Waals surface area contributed by atoms with Gasteiger partial charge in [-0.1, -0.05) is 69.9 Å². The number of aromatic amines is 1. The summed E-state index contributed by atoms with van der Waals surface area (Å²) >= 11 is 0. The fourth-order valence-corrected chi connectivity index (χ4v) is 11.5. The number of aliphatic hydroxyl groups is 1. The number of H-pyrrole nitrogens is 1. The van der Waals surface area contributed by atoms with Crippen LogP contribution in [0, 0.1) is 40.4 Å². The van der Waals surface area contributed by atoms with E-state index in [0.29, 0.717) is 30.2 Å². The summed E-state index contributed by atoms with van der Waals surface area (Å²) in [6.07, 6.45) is 19.6. The fraction of sp³-hybridized carbons (Fsp3) is 0.700. The van der Waals surface area contributed by atoms with E-state index in [4.69, 9.17) is 0 Å². The lowest BCUT2D eigenvalue weighted by atomic mass is 9.47. The van der Waals surface area contributed by atoms with Crippen LogP contribution < -0.4 is 5.32 Å². The quantitative estimate of drug-likeness (QED) is 0.264. The maximum atomic E-state index is 14.6. The first-order valence-electron chi connectivity index (χ1n) is 18.7. The third-order valence-corrected chi connectivity index (χ3v) is 14.1. The van der Waals surface area contributed by atoms with Crippen LogP contribution in [-0.4, -0.2) is 52.0 Å². The zero-order chi connectivity index (χ0) is 32.1. The Bertz CT molecular complexity index is 1460. The molecule has 0 spiro atoms. The van der Waals surface area contributed by atoms with Crippen LogP contribution in [0.3, 0.4) is 0 Å². The van der Waals surface area contributed by atoms with Crippen LogP contribution in [0.25, 0.3) is 10.9 Å². The highest BCUT2D eigenvalue weighted by Gasteiger charge is 2.60. The number of nitrogens with zero attached hydrogens (tertiary/aromatic N) is 1. The van der Waals surface area contributed by atoms with Crippen molar-refractivity contribution in [3.63, 3.8) is 0 Å². The first-order chi connectivity index (χ1) is 22.2. The van der Waals surface area contributed by atoms with Gasteiger partial charge in [-0.25, -0.2) is 0 Å². The van der Waals surface area contributed by atoms with Crippen LogP contribution in [0.1, 0.15) is 110 Å². The number of hydrogen-bond acceptors (Lipinski definition) is 3. The maximum Gasteiger partial charge on any atom is 0.239 e. The highest BCUT2D eigenvalue weighted by Crippen LogP contribution is 2.67. The van der Waals surface area contributed by atoms with Gasteiger partial charge in [-0.15, -0.1) is 0 Å². The molecule has 0 saturated heterocycles. The van der Waals surface area contributed by atoms with Crippen LogP contribution in [0.4, 0.5) is 0 Å². The molecule has 4 fully saturated rings. The molecule has 0 unspecified atom stereocenters. The average Bonchev–Trinajstić information content (AvgIpc) is 3.63. The lowest BCUT2D eigenvalue weighted by molar-refractivity contribution is -0.143. The monoisotopic (exact) mass is 627 g/mol. The largest absolute Gasteiger partial charge is 0.393 e. The van der Waals surface area contributed by atoms with Gasteiger partial charge in [-0.05, 0) is 117 Å². The second-order valence-electron chi connectivity index (χ2n) is 16.4. The molecule has 3 N–H and O–H groups in total. The Morgan fingerprint density at radius 2 is 1.83 bits per heavy atom. The van der Waals surface area contributed by atoms with Gasteiger partial charge in [0.15, 0.2) is 0 Å². The van der Waals surface area contributed by atoms with Crippen LogP contribution >= 0.6 is 0 Å². The third kappa shape index (κ3) is 5.75. The van der Waals surface area contributed by atoms with E-state index in [-0.39, 0.29) is 47.3 Å². The van der Waals surface area contributed by atoms with Crippen molar-refractivity contribution in [2.24, 2.45) is 40.4 Å². The number of carbonyl (C=O) groups excluding carboxylic acids is 2. The van der Waals surface area contributed by atoms with Gasteiger partial charge in [-0.3, -0.25) is 9.59 Å². The molecule has 5 aliphatic rings. The van der Waals surface area contributed by atoms with Crippen molar-refractivity contribution < 1.29 is 14.7 Å². The highest BCUT2D eigenvalue weighted by molar-refractivity contribution is 5.86. The van der Waals surface area contributed by atoms with Gasteiger partial charge in [0.25, 0.3) is 0 Å². The first-order valence-corrected chi connectivity index (χ1v) is 18.7. The van der Waals surface area contributed by atoms with Crippen molar-refractivity contribution in [1.29, 1.82) is 0 Å². The van der Waals surface area contributed by atoms with Crippen molar-refractivity contribution in [2.75, 3.05) is 13.1 Å². The topological polar surface area (TPSA) is 85.4 Å². The molecule has 8 atom stereocenters. The van der Waals surface area contributed by atoms with Crippen molar-refractivity contribution in [3.05, 3.63) is 47.7 Å². The Balaban J connectivity index is 1.08. The second kappa shape index (κ2) is 12.8. The predicted octanol–water partition coefficient (Wildman–Crippen LogP) is 7.56. The van der Waals surface area contributed by atoms with Crippen LogP contribution in [0.15, 0.2) is 42.1 Å². The van der Waals surface area contributed by atoms with E-state index < -0.39 is 0 Å². The number of rotatable bonds is 8. The number of amides is 2. The van der Waals surface area contributed by atoms with Gasteiger partial charge in [-0.2, -0.15) is 0 Å². The lowest BCUT2D eigenvalue weighted by Crippen LogP contribution is -2.52. The number of hydrogen-bond donors (Lipinski definition) is 3. The van der Waals surface area contributed by atoms with E-state index >= 15 is 0 Å². The number of benzene rings is 1. The van der Waals surface area contributed by atoms with Gasteiger partial charge >= 0.3 is 0 Å². The molecular formula is C40H57N3O3. The first kappa shape index (κ1) is 32.0. The second-order valence-corrected chi connectivity index (χ2v) is 16.4. The summed E-state index contributed by atoms with van der Waals surface area (Å²) in [5.41, 5.74) is 4.22. The molecular weight excluding hydrogens is 570 g/mol. The number of fused-ring (bicyclic) bond motifs is 6. The smallest absolute Gasteiger partial charge is 0.239 e. The molecule has 0 aliphatic heterocycles. The van der Waals surface area contributed by atoms with E-state index in [9.17, 15) is 14.7 Å². The zero-order valence-corrected chi connectivity index (χ0v) is 28.5. The standard InChI is InChI=1S/C40H57N3O3/c1-26(33-15-16-34-32-14-13-28-23-30(44)17-20-39(28,2)35(32)18-21-40(33,34)3)38(46)43(25-37(45)42-29-9-5-4-6-10-29)22-19-27-24-41-36-12-8-7-11-31(27)36/h7-8,11-13,24,26,29-30,32-35,41,44H,4-6,9-10,14-23,25H2,1-3H3,(H,42,45)/t26-,30-,32-,33+,34-,35-,39-,40+/m0/s1. The van der Waals surface area contributed by atoms with E-state index in [1.165, 1.54) is 55.0 Å². The third-order valence-electron chi connectivity index (χ3n) is 14.1. The van der Waals surface area contributed by atoms with Crippen molar-refractivity contribution >= 4 is 22.7 Å². The van der Waals surface area contributed by atoms with Crippen molar-refractivity contribution in [1.82, 2.24) is 15.2 Å². The van der Waals surface area contributed by atoms with Gasteiger partial charge in [0.1, 0.15) is 0 Å². The van der Waals surface area contributed by atoms with E-state index in [0.717, 1.165) is 56.9 Å². The normalized spacial score (nSPS) is 35.0. The molecule has 6 heteroatoms. The summed E-state index contributed by atoms with van der Waals surface area (Å²) in [5, 5.41) is 14.9. The number of nitrogens with one attached hydrogen (secondary N) is 2. The molecule has 1 heterocycles. The molecule has 2 aromatic rings. The van der Waals surface area contributed by atoms with E-state index in [1.54, 1.807) is 0 Å². The van der Waals surface area contributed by atoms with Gasteiger partial charge in [0.05, 0.1) is 12.6 Å². The molecule has 6 nitrogen and oxygen atoms in total. The van der Waals surface area contributed by atoms with Crippen LogP contribution in [0.5, 0.6) is 0 Å². The molecule has 0 bridgehead atoms. The van der Waals surface area contributed by atoms with Gasteiger partial charge in [0, 0.05) is 35.6 Å². The molecule has 7 rings (SSSR count). The number of aromatic nitrogens is 1. The lowest BCUT2D eigenvalue weighted by Gasteiger charge is -2.58. The van der Waals surface area contributed by atoms with Gasteiger partial charge < -0.3 is 20.3 Å².